The Hall–Kier alpha value is -3.06. The first-order valence-corrected chi connectivity index (χ1v) is 8.72. The van der Waals surface area contributed by atoms with Crippen molar-refractivity contribution in [1.29, 1.82) is 0 Å². The van der Waals surface area contributed by atoms with Crippen LogP contribution in [0.3, 0.4) is 0 Å². The Bertz CT molecular complexity index is 878. The molecule has 0 fully saturated rings. The molecule has 0 bridgehead atoms. The molecule has 1 aromatic heterocycles. The van der Waals surface area contributed by atoms with E-state index in [2.05, 4.69) is 10.6 Å². The molecule has 0 aliphatic rings. The molecule has 7 heteroatoms. The molecule has 3 aromatic rings. The van der Waals surface area contributed by atoms with Crippen LogP contribution in [-0.2, 0) is 4.79 Å². The van der Waals surface area contributed by atoms with Gasteiger partial charge in [0.25, 0.3) is 5.91 Å². The summed E-state index contributed by atoms with van der Waals surface area (Å²) in [5.74, 6) is -0.404. The number of thioether (sulfide) groups is 1. The van der Waals surface area contributed by atoms with Crippen LogP contribution in [0.1, 0.15) is 10.6 Å². The maximum atomic E-state index is 12.8. The topological polar surface area (TPSA) is 71.3 Å². The zero-order chi connectivity index (χ0) is 18.4. The third-order valence-corrected chi connectivity index (χ3v) is 4.37. The highest BCUT2D eigenvalue weighted by atomic mass is 32.2. The van der Waals surface area contributed by atoms with Crippen molar-refractivity contribution in [3.8, 4) is 0 Å². The first-order chi connectivity index (χ1) is 12.6. The number of benzene rings is 2. The van der Waals surface area contributed by atoms with Gasteiger partial charge in [-0.1, -0.05) is 0 Å². The van der Waals surface area contributed by atoms with Crippen molar-refractivity contribution in [3.05, 3.63) is 78.5 Å². The van der Waals surface area contributed by atoms with Gasteiger partial charge in [-0.25, -0.2) is 4.39 Å². The number of hydrogen-bond donors (Lipinski definition) is 2. The molecule has 0 unspecified atom stereocenters. The number of carbonyl (C=O) groups is 2. The van der Waals surface area contributed by atoms with Crippen molar-refractivity contribution in [2.75, 3.05) is 16.4 Å². The van der Waals surface area contributed by atoms with E-state index < -0.39 is 0 Å². The summed E-state index contributed by atoms with van der Waals surface area (Å²) >= 11 is 1.36. The Balaban J connectivity index is 1.48. The Morgan fingerprint density at radius 3 is 2.23 bits per heavy atom. The minimum absolute atomic E-state index is 0.184. The van der Waals surface area contributed by atoms with Crippen LogP contribution in [0, 0.1) is 5.82 Å². The molecule has 0 aliphatic carbocycles. The zero-order valence-electron chi connectivity index (χ0n) is 13.6. The number of anilines is 2. The van der Waals surface area contributed by atoms with Crippen molar-refractivity contribution in [3.63, 3.8) is 0 Å². The first kappa shape index (κ1) is 17.8. The lowest BCUT2D eigenvalue weighted by Crippen LogP contribution is -2.13. The number of furan rings is 1. The second kappa shape index (κ2) is 8.35. The highest BCUT2D eigenvalue weighted by molar-refractivity contribution is 8.00. The largest absolute Gasteiger partial charge is 0.459 e. The molecule has 2 N–H and O–H groups in total. The zero-order valence-corrected chi connectivity index (χ0v) is 14.4. The molecule has 0 saturated heterocycles. The smallest absolute Gasteiger partial charge is 0.291 e. The van der Waals surface area contributed by atoms with E-state index in [0.717, 1.165) is 4.90 Å². The summed E-state index contributed by atoms with van der Waals surface area (Å²) in [6.45, 7) is 0. The Morgan fingerprint density at radius 2 is 1.58 bits per heavy atom. The predicted molar refractivity (Wildman–Crippen MR) is 98.9 cm³/mol. The molecule has 26 heavy (non-hydrogen) atoms. The van der Waals surface area contributed by atoms with Gasteiger partial charge in [-0.05, 0) is 60.7 Å². The van der Waals surface area contributed by atoms with Crippen molar-refractivity contribution in [2.24, 2.45) is 0 Å². The predicted octanol–water partition coefficient (Wildman–Crippen LogP) is 4.40. The van der Waals surface area contributed by atoms with E-state index in [0.29, 0.717) is 11.4 Å². The van der Waals surface area contributed by atoms with E-state index in [1.165, 1.54) is 42.3 Å². The van der Waals surface area contributed by atoms with E-state index in [-0.39, 0.29) is 29.1 Å². The van der Waals surface area contributed by atoms with E-state index in [9.17, 15) is 14.0 Å². The number of halogens is 1. The van der Waals surface area contributed by atoms with Crippen LogP contribution in [0.25, 0.3) is 0 Å². The van der Waals surface area contributed by atoms with Crippen LogP contribution in [0.15, 0.2) is 76.2 Å². The fourth-order valence-corrected chi connectivity index (χ4v) is 2.81. The first-order valence-electron chi connectivity index (χ1n) is 7.73. The molecule has 0 atom stereocenters. The summed E-state index contributed by atoms with van der Waals surface area (Å²) in [6.07, 6.45) is 1.44. The Kier molecular flexibility index (Phi) is 5.70. The van der Waals surface area contributed by atoms with Gasteiger partial charge in [0.15, 0.2) is 5.76 Å². The van der Waals surface area contributed by atoms with Crippen LogP contribution >= 0.6 is 11.8 Å². The van der Waals surface area contributed by atoms with Gasteiger partial charge in [-0.15, -0.1) is 11.8 Å². The SMILES string of the molecule is O=C(CSc1ccc(NC(=O)c2ccco2)cc1)Nc1ccc(F)cc1. The summed E-state index contributed by atoms with van der Waals surface area (Å²) in [4.78, 5) is 24.7. The summed E-state index contributed by atoms with van der Waals surface area (Å²) in [6, 6.07) is 16.0. The number of amides is 2. The molecule has 2 aromatic carbocycles. The van der Waals surface area contributed by atoms with Crippen molar-refractivity contribution >= 4 is 35.0 Å². The van der Waals surface area contributed by atoms with Crippen LogP contribution in [0.2, 0.25) is 0 Å². The number of carbonyl (C=O) groups excluding carboxylic acids is 2. The van der Waals surface area contributed by atoms with E-state index in [1.54, 1.807) is 24.3 Å². The quantitative estimate of drug-likeness (QED) is 0.631. The Morgan fingerprint density at radius 1 is 0.923 bits per heavy atom. The third kappa shape index (κ3) is 4.97. The van der Waals surface area contributed by atoms with Crippen LogP contribution in [-0.4, -0.2) is 17.6 Å². The molecule has 3 rings (SSSR count). The van der Waals surface area contributed by atoms with Gasteiger partial charge < -0.3 is 15.1 Å². The van der Waals surface area contributed by atoms with Crippen LogP contribution in [0.5, 0.6) is 0 Å². The van der Waals surface area contributed by atoms with Crippen molar-refractivity contribution in [1.82, 2.24) is 0 Å². The summed E-state index contributed by atoms with van der Waals surface area (Å²) in [5.41, 5.74) is 1.18. The number of hydrogen-bond acceptors (Lipinski definition) is 4. The van der Waals surface area contributed by atoms with E-state index in [1.807, 2.05) is 12.1 Å². The number of nitrogens with one attached hydrogen (secondary N) is 2. The van der Waals surface area contributed by atoms with Gasteiger partial charge in [-0.3, -0.25) is 9.59 Å². The van der Waals surface area contributed by atoms with E-state index >= 15 is 0 Å². The summed E-state index contributed by atoms with van der Waals surface area (Å²) in [7, 11) is 0. The minimum Gasteiger partial charge on any atom is -0.459 e. The van der Waals surface area contributed by atoms with Crippen LogP contribution < -0.4 is 10.6 Å². The normalized spacial score (nSPS) is 10.3. The summed E-state index contributed by atoms with van der Waals surface area (Å²) in [5, 5.41) is 5.42. The minimum atomic E-state index is -0.350. The molecule has 132 valence electrons. The lowest BCUT2D eigenvalue weighted by Gasteiger charge is -2.06. The fraction of sp³-hybridized carbons (Fsp3) is 0.0526. The maximum Gasteiger partial charge on any atom is 0.291 e. The van der Waals surface area contributed by atoms with Gasteiger partial charge in [0.05, 0.1) is 12.0 Å². The molecular weight excluding hydrogens is 355 g/mol. The molecule has 0 saturated carbocycles. The third-order valence-electron chi connectivity index (χ3n) is 3.36. The van der Waals surface area contributed by atoms with Gasteiger partial charge in [0.1, 0.15) is 5.82 Å². The fourth-order valence-electron chi connectivity index (χ4n) is 2.11. The molecule has 0 radical (unpaired) electrons. The van der Waals surface area contributed by atoms with Gasteiger partial charge in [-0.2, -0.15) is 0 Å². The second-order valence-electron chi connectivity index (χ2n) is 5.30. The van der Waals surface area contributed by atoms with Gasteiger partial charge in [0.2, 0.25) is 5.91 Å². The maximum absolute atomic E-state index is 12.8. The monoisotopic (exact) mass is 370 g/mol. The van der Waals surface area contributed by atoms with E-state index in [4.69, 9.17) is 4.42 Å². The number of rotatable bonds is 6. The molecule has 0 aliphatic heterocycles. The van der Waals surface area contributed by atoms with Crippen molar-refractivity contribution < 1.29 is 18.4 Å². The standard InChI is InChI=1S/C19H15FN2O3S/c20-13-3-5-14(6-4-13)21-18(23)12-26-16-9-7-15(8-10-16)22-19(24)17-2-1-11-25-17/h1-11H,12H2,(H,21,23)(H,22,24). The second-order valence-corrected chi connectivity index (χ2v) is 6.35. The molecule has 5 nitrogen and oxygen atoms in total. The average Bonchev–Trinajstić information content (AvgIpc) is 3.18. The lowest BCUT2D eigenvalue weighted by atomic mass is 10.3. The van der Waals surface area contributed by atoms with Crippen molar-refractivity contribution in [2.45, 2.75) is 4.90 Å². The average molecular weight is 370 g/mol. The highest BCUT2D eigenvalue weighted by Gasteiger charge is 2.09. The molecular formula is C19H15FN2O3S. The lowest BCUT2D eigenvalue weighted by molar-refractivity contribution is -0.113. The molecule has 2 amide bonds. The van der Waals surface area contributed by atoms with Crippen LogP contribution in [0.4, 0.5) is 15.8 Å². The summed E-state index contributed by atoms with van der Waals surface area (Å²) < 4.78 is 17.9. The molecule has 0 spiro atoms. The molecule has 1 heterocycles. The van der Waals surface area contributed by atoms with Gasteiger partial charge in [0, 0.05) is 16.3 Å². The highest BCUT2D eigenvalue weighted by Crippen LogP contribution is 2.21. The Labute approximate surface area is 153 Å². The van der Waals surface area contributed by atoms with Gasteiger partial charge >= 0.3 is 0 Å².